The number of carbonyl (C=O) groups excluding carboxylic acids is 2. The molecule has 2 aromatic carbocycles. The minimum atomic E-state index is -0.569. The van der Waals surface area contributed by atoms with Crippen LogP contribution in [0, 0.1) is 6.92 Å². The first-order chi connectivity index (χ1) is 11.0. The summed E-state index contributed by atoms with van der Waals surface area (Å²) in [6, 6.07) is 11.4. The minimum absolute atomic E-state index is 0.190. The third-order valence-electron chi connectivity index (χ3n) is 3.05. The average molecular weight is 315 g/mol. The van der Waals surface area contributed by atoms with E-state index < -0.39 is 11.9 Å². The van der Waals surface area contributed by atoms with E-state index >= 15 is 0 Å². The van der Waals surface area contributed by atoms with E-state index in [0.717, 1.165) is 5.56 Å². The molecule has 0 saturated heterocycles. The Labute approximate surface area is 133 Å². The number of aromatic hydroxyl groups is 1. The van der Waals surface area contributed by atoms with Gasteiger partial charge in [-0.2, -0.15) is 0 Å². The molecule has 2 N–H and O–H groups in total. The fraction of sp³-hybridized carbons (Fsp3) is 0.176. The lowest BCUT2D eigenvalue weighted by Gasteiger charge is -2.10. The van der Waals surface area contributed by atoms with E-state index in [4.69, 9.17) is 4.74 Å². The number of phenolic OH excluding ortho intramolecular Hbond substituents is 1. The van der Waals surface area contributed by atoms with Gasteiger partial charge in [-0.05, 0) is 42.8 Å². The first-order valence-corrected chi connectivity index (χ1v) is 6.90. The second-order valence-corrected chi connectivity index (χ2v) is 4.88. The van der Waals surface area contributed by atoms with Gasteiger partial charge in [-0.25, -0.2) is 4.79 Å². The molecule has 6 nitrogen and oxygen atoms in total. The van der Waals surface area contributed by atoms with Gasteiger partial charge in [0.25, 0.3) is 5.91 Å². The Kier molecular flexibility index (Phi) is 5.19. The van der Waals surface area contributed by atoms with Crippen molar-refractivity contribution in [2.45, 2.75) is 6.92 Å². The van der Waals surface area contributed by atoms with E-state index in [1.165, 1.54) is 25.3 Å². The van der Waals surface area contributed by atoms with Crippen molar-refractivity contribution in [3.8, 4) is 11.5 Å². The molecule has 2 rings (SSSR count). The molecule has 0 radical (unpaired) electrons. The largest absolute Gasteiger partial charge is 0.506 e. The van der Waals surface area contributed by atoms with Crippen LogP contribution in [0.5, 0.6) is 11.5 Å². The van der Waals surface area contributed by atoms with Gasteiger partial charge in [-0.3, -0.25) is 4.79 Å². The molecule has 2 aromatic rings. The Hall–Kier alpha value is -3.02. The number of ether oxygens (including phenoxy) is 2. The maximum Gasteiger partial charge on any atom is 0.337 e. The minimum Gasteiger partial charge on any atom is -0.506 e. The van der Waals surface area contributed by atoms with Gasteiger partial charge in [-0.15, -0.1) is 0 Å². The molecule has 0 unspecified atom stereocenters. The van der Waals surface area contributed by atoms with Crippen LogP contribution in [0.1, 0.15) is 15.9 Å². The number of hydrogen-bond donors (Lipinski definition) is 2. The van der Waals surface area contributed by atoms with E-state index in [2.05, 4.69) is 10.1 Å². The predicted octanol–water partition coefficient (Wildman–Crippen LogP) is 2.50. The Morgan fingerprint density at radius 1 is 1.17 bits per heavy atom. The number of phenols is 1. The van der Waals surface area contributed by atoms with Gasteiger partial charge in [0.1, 0.15) is 11.5 Å². The smallest absolute Gasteiger partial charge is 0.337 e. The third-order valence-corrected chi connectivity index (χ3v) is 3.05. The molecule has 0 atom stereocenters. The number of rotatable bonds is 5. The van der Waals surface area contributed by atoms with E-state index in [1.54, 1.807) is 6.07 Å². The van der Waals surface area contributed by atoms with Crippen molar-refractivity contribution in [3.05, 3.63) is 53.6 Å². The Bertz CT molecular complexity index is 727. The SMILES string of the molecule is COC(=O)c1ccc(NC(=O)COc2cccc(C)c2)c(O)c1. The molecule has 0 aliphatic carbocycles. The first-order valence-electron chi connectivity index (χ1n) is 6.90. The first kappa shape index (κ1) is 16.4. The van der Waals surface area contributed by atoms with Gasteiger partial charge >= 0.3 is 5.97 Å². The Morgan fingerprint density at radius 2 is 1.96 bits per heavy atom. The zero-order valence-electron chi connectivity index (χ0n) is 12.8. The van der Waals surface area contributed by atoms with Gasteiger partial charge in [-0.1, -0.05) is 12.1 Å². The molecule has 0 aromatic heterocycles. The van der Waals surface area contributed by atoms with Gasteiger partial charge in [0.2, 0.25) is 0 Å². The highest BCUT2D eigenvalue weighted by Crippen LogP contribution is 2.24. The molecule has 0 heterocycles. The Morgan fingerprint density at radius 3 is 2.61 bits per heavy atom. The van der Waals surface area contributed by atoms with Crippen molar-refractivity contribution in [1.82, 2.24) is 0 Å². The molecular formula is C17H17NO5. The number of nitrogens with one attached hydrogen (secondary N) is 1. The van der Waals surface area contributed by atoms with Crippen molar-refractivity contribution < 1.29 is 24.2 Å². The van der Waals surface area contributed by atoms with Crippen LogP contribution in [0.15, 0.2) is 42.5 Å². The second-order valence-electron chi connectivity index (χ2n) is 4.88. The number of carbonyl (C=O) groups is 2. The van der Waals surface area contributed by atoms with E-state index in [-0.39, 0.29) is 23.6 Å². The van der Waals surface area contributed by atoms with E-state index in [0.29, 0.717) is 5.75 Å². The highest BCUT2D eigenvalue weighted by molar-refractivity contribution is 5.95. The molecule has 6 heteroatoms. The third kappa shape index (κ3) is 4.47. The summed E-state index contributed by atoms with van der Waals surface area (Å²) in [4.78, 5) is 23.2. The number of methoxy groups -OCH3 is 1. The summed E-state index contributed by atoms with van der Waals surface area (Å²) in [7, 11) is 1.25. The van der Waals surface area contributed by atoms with Crippen molar-refractivity contribution in [1.29, 1.82) is 0 Å². The van der Waals surface area contributed by atoms with Crippen LogP contribution in [-0.4, -0.2) is 30.7 Å². The van der Waals surface area contributed by atoms with Crippen molar-refractivity contribution >= 4 is 17.6 Å². The normalized spacial score (nSPS) is 10.0. The van der Waals surface area contributed by atoms with Gasteiger partial charge in [0.15, 0.2) is 6.61 Å². The summed E-state index contributed by atoms with van der Waals surface area (Å²) in [6.07, 6.45) is 0. The number of hydrogen-bond acceptors (Lipinski definition) is 5. The molecule has 0 saturated carbocycles. The van der Waals surface area contributed by atoms with Gasteiger partial charge in [0, 0.05) is 0 Å². The highest BCUT2D eigenvalue weighted by Gasteiger charge is 2.11. The maximum absolute atomic E-state index is 11.9. The Balaban J connectivity index is 1.96. The number of esters is 1. The topological polar surface area (TPSA) is 84.9 Å². The molecule has 0 spiro atoms. The molecule has 0 fully saturated rings. The van der Waals surface area contributed by atoms with E-state index in [1.807, 2.05) is 25.1 Å². The second kappa shape index (κ2) is 7.31. The zero-order valence-corrected chi connectivity index (χ0v) is 12.8. The average Bonchev–Trinajstić information content (AvgIpc) is 2.54. The van der Waals surface area contributed by atoms with Gasteiger partial charge in [0.05, 0.1) is 18.4 Å². The number of amides is 1. The standard InChI is InChI=1S/C17H17NO5/c1-11-4-3-5-13(8-11)23-10-16(20)18-14-7-6-12(9-15(14)19)17(21)22-2/h3-9,19H,10H2,1-2H3,(H,18,20). The van der Waals surface area contributed by atoms with Crippen LogP contribution in [0.25, 0.3) is 0 Å². The van der Waals surface area contributed by atoms with Crippen LogP contribution in [-0.2, 0) is 9.53 Å². The summed E-state index contributed by atoms with van der Waals surface area (Å²) >= 11 is 0. The monoisotopic (exact) mass is 315 g/mol. The zero-order chi connectivity index (χ0) is 16.8. The van der Waals surface area contributed by atoms with Crippen molar-refractivity contribution in [3.63, 3.8) is 0 Å². The molecule has 0 bridgehead atoms. The lowest BCUT2D eigenvalue weighted by molar-refractivity contribution is -0.118. The number of anilines is 1. The maximum atomic E-state index is 11.9. The quantitative estimate of drug-likeness (QED) is 0.654. The van der Waals surface area contributed by atoms with Crippen LogP contribution < -0.4 is 10.1 Å². The van der Waals surface area contributed by atoms with Gasteiger partial charge < -0.3 is 19.9 Å². The lowest BCUT2D eigenvalue weighted by Crippen LogP contribution is -2.20. The molecule has 0 aliphatic rings. The number of aryl methyl sites for hydroxylation is 1. The summed E-state index contributed by atoms with van der Waals surface area (Å²) in [5.74, 6) is -0.629. The predicted molar refractivity (Wildman–Crippen MR) is 84.8 cm³/mol. The summed E-state index contributed by atoms with van der Waals surface area (Å²) in [5, 5.41) is 12.4. The van der Waals surface area contributed by atoms with E-state index in [9.17, 15) is 14.7 Å². The van der Waals surface area contributed by atoms with Crippen LogP contribution in [0.3, 0.4) is 0 Å². The van der Waals surface area contributed by atoms with Crippen LogP contribution in [0.2, 0.25) is 0 Å². The van der Waals surface area contributed by atoms with Crippen LogP contribution >= 0.6 is 0 Å². The molecule has 0 aliphatic heterocycles. The highest BCUT2D eigenvalue weighted by atomic mass is 16.5. The summed E-state index contributed by atoms with van der Waals surface area (Å²) < 4.78 is 9.92. The lowest BCUT2D eigenvalue weighted by atomic mass is 10.2. The summed E-state index contributed by atoms with van der Waals surface area (Å²) in [5.41, 5.74) is 1.41. The van der Waals surface area contributed by atoms with Crippen molar-refractivity contribution in [2.24, 2.45) is 0 Å². The molecule has 23 heavy (non-hydrogen) atoms. The van der Waals surface area contributed by atoms with Crippen molar-refractivity contribution in [2.75, 3.05) is 19.0 Å². The molecule has 1 amide bonds. The molecule has 120 valence electrons. The summed E-state index contributed by atoms with van der Waals surface area (Å²) in [6.45, 7) is 1.73. The van der Waals surface area contributed by atoms with Crippen LogP contribution in [0.4, 0.5) is 5.69 Å². The fourth-order valence-electron chi connectivity index (χ4n) is 1.92. The number of benzene rings is 2. The molecular weight excluding hydrogens is 298 g/mol. The fourth-order valence-corrected chi connectivity index (χ4v) is 1.92.